The largest absolute Gasteiger partial charge is 0.508 e. The Morgan fingerprint density at radius 2 is 1.69 bits per heavy atom. The standard InChI is InChI=1S/C23H19N3O3/c27-17-10-11-18(22(28)15-17)20-12-13-24-26(20)21-9-5-4-8-19(21)25-23(29)14-16-6-2-1-3-7-16/h1-13,15,27-28H,14H2,(H,25,29). The predicted molar refractivity (Wildman–Crippen MR) is 111 cm³/mol. The third kappa shape index (κ3) is 3.96. The van der Waals surface area contributed by atoms with E-state index in [4.69, 9.17) is 0 Å². The van der Waals surface area contributed by atoms with Gasteiger partial charge in [-0.15, -0.1) is 0 Å². The maximum absolute atomic E-state index is 12.5. The summed E-state index contributed by atoms with van der Waals surface area (Å²) in [5, 5.41) is 27.1. The highest BCUT2D eigenvalue weighted by Crippen LogP contribution is 2.34. The Kier molecular flexibility index (Phi) is 4.99. The van der Waals surface area contributed by atoms with Crippen LogP contribution in [0.2, 0.25) is 0 Å². The summed E-state index contributed by atoms with van der Waals surface area (Å²) < 4.78 is 1.64. The first-order valence-electron chi connectivity index (χ1n) is 9.11. The molecule has 0 saturated heterocycles. The number of para-hydroxylation sites is 2. The van der Waals surface area contributed by atoms with E-state index in [0.717, 1.165) is 5.56 Å². The van der Waals surface area contributed by atoms with E-state index in [1.807, 2.05) is 48.5 Å². The molecule has 0 radical (unpaired) electrons. The van der Waals surface area contributed by atoms with Gasteiger partial charge in [0.15, 0.2) is 0 Å². The van der Waals surface area contributed by atoms with Crippen molar-refractivity contribution in [2.24, 2.45) is 0 Å². The molecule has 4 rings (SSSR count). The van der Waals surface area contributed by atoms with Crippen LogP contribution in [0.5, 0.6) is 11.5 Å². The number of aromatic nitrogens is 2. The van der Waals surface area contributed by atoms with E-state index in [0.29, 0.717) is 22.6 Å². The molecule has 3 aromatic carbocycles. The molecule has 0 spiro atoms. The Labute approximate surface area is 167 Å². The normalized spacial score (nSPS) is 10.6. The fourth-order valence-electron chi connectivity index (χ4n) is 3.18. The van der Waals surface area contributed by atoms with Gasteiger partial charge in [0.1, 0.15) is 11.5 Å². The van der Waals surface area contributed by atoms with Crippen LogP contribution in [0, 0.1) is 0 Å². The Morgan fingerprint density at radius 3 is 2.48 bits per heavy atom. The number of hydrogen-bond acceptors (Lipinski definition) is 4. The molecule has 0 fully saturated rings. The first-order valence-corrected chi connectivity index (χ1v) is 9.11. The van der Waals surface area contributed by atoms with Crippen LogP contribution in [0.4, 0.5) is 5.69 Å². The molecule has 144 valence electrons. The highest BCUT2D eigenvalue weighted by Gasteiger charge is 2.15. The molecule has 0 unspecified atom stereocenters. The van der Waals surface area contributed by atoms with Gasteiger partial charge in [0.25, 0.3) is 0 Å². The van der Waals surface area contributed by atoms with Gasteiger partial charge >= 0.3 is 0 Å². The molecule has 1 heterocycles. The van der Waals surface area contributed by atoms with Gasteiger partial charge in [0, 0.05) is 11.6 Å². The predicted octanol–water partition coefficient (Wildman–Crippen LogP) is 4.13. The monoisotopic (exact) mass is 385 g/mol. The number of amides is 1. The summed E-state index contributed by atoms with van der Waals surface area (Å²) in [7, 11) is 0. The minimum atomic E-state index is -0.134. The minimum Gasteiger partial charge on any atom is -0.508 e. The van der Waals surface area contributed by atoms with Crippen LogP contribution < -0.4 is 5.32 Å². The van der Waals surface area contributed by atoms with E-state index < -0.39 is 0 Å². The number of anilines is 1. The van der Waals surface area contributed by atoms with E-state index in [1.165, 1.54) is 12.1 Å². The number of aromatic hydroxyl groups is 2. The number of carbonyl (C=O) groups is 1. The molecule has 0 bridgehead atoms. The van der Waals surface area contributed by atoms with Crippen LogP contribution in [-0.4, -0.2) is 25.9 Å². The molecular formula is C23H19N3O3. The number of carbonyl (C=O) groups excluding carboxylic acids is 1. The van der Waals surface area contributed by atoms with Crippen LogP contribution in [-0.2, 0) is 11.2 Å². The lowest BCUT2D eigenvalue weighted by Gasteiger charge is -2.14. The van der Waals surface area contributed by atoms with Crippen molar-refractivity contribution in [3.8, 4) is 28.4 Å². The molecule has 0 aliphatic heterocycles. The number of benzene rings is 3. The SMILES string of the molecule is O=C(Cc1ccccc1)Nc1ccccc1-n1nccc1-c1ccc(O)cc1O. The number of phenols is 2. The van der Waals surface area contributed by atoms with Gasteiger partial charge in [0.2, 0.25) is 5.91 Å². The van der Waals surface area contributed by atoms with Crippen molar-refractivity contribution in [1.82, 2.24) is 9.78 Å². The number of hydrogen-bond donors (Lipinski definition) is 3. The van der Waals surface area contributed by atoms with Crippen LogP contribution in [0.1, 0.15) is 5.56 Å². The summed E-state index contributed by atoms with van der Waals surface area (Å²) in [4.78, 5) is 12.5. The van der Waals surface area contributed by atoms with E-state index in [2.05, 4.69) is 10.4 Å². The highest BCUT2D eigenvalue weighted by atomic mass is 16.3. The van der Waals surface area contributed by atoms with E-state index in [-0.39, 0.29) is 23.8 Å². The van der Waals surface area contributed by atoms with Crippen molar-refractivity contribution in [1.29, 1.82) is 0 Å². The molecule has 6 nitrogen and oxygen atoms in total. The molecule has 29 heavy (non-hydrogen) atoms. The Morgan fingerprint density at radius 1 is 0.931 bits per heavy atom. The molecule has 1 aromatic heterocycles. The van der Waals surface area contributed by atoms with Crippen molar-refractivity contribution >= 4 is 11.6 Å². The van der Waals surface area contributed by atoms with Crippen LogP contribution in [0.3, 0.4) is 0 Å². The molecular weight excluding hydrogens is 366 g/mol. The molecule has 0 saturated carbocycles. The average molecular weight is 385 g/mol. The first kappa shape index (κ1) is 18.3. The summed E-state index contributed by atoms with van der Waals surface area (Å²) in [6.45, 7) is 0. The van der Waals surface area contributed by atoms with Gasteiger partial charge < -0.3 is 15.5 Å². The zero-order valence-electron chi connectivity index (χ0n) is 15.5. The van der Waals surface area contributed by atoms with Crippen molar-refractivity contribution in [3.05, 3.63) is 90.6 Å². The van der Waals surface area contributed by atoms with Crippen LogP contribution in [0.25, 0.3) is 16.9 Å². The second-order valence-electron chi connectivity index (χ2n) is 6.56. The van der Waals surface area contributed by atoms with Gasteiger partial charge in [-0.3, -0.25) is 4.79 Å². The number of nitrogens with zero attached hydrogens (tertiary/aromatic N) is 2. The lowest BCUT2D eigenvalue weighted by Crippen LogP contribution is -2.16. The highest BCUT2D eigenvalue weighted by molar-refractivity contribution is 5.94. The summed E-state index contributed by atoms with van der Waals surface area (Å²) in [6, 6.07) is 23.0. The zero-order chi connectivity index (χ0) is 20.2. The van der Waals surface area contributed by atoms with E-state index in [1.54, 1.807) is 29.1 Å². The maximum Gasteiger partial charge on any atom is 0.228 e. The van der Waals surface area contributed by atoms with Crippen LogP contribution in [0.15, 0.2) is 85.1 Å². The molecule has 0 aliphatic rings. The van der Waals surface area contributed by atoms with Gasteiger partial charge in [-0.25, -0.2) is 4.68 Å². The van der Waals surface area contributed by atoms with E-state index in [9.17, 15) is 15.0 Å². The van der Waals surface area contributed by atoms with Gasteiger partial charge in [-0.2, -0.15) is 5.10 Å². The van der Waals surface area contributed by atoms with Crippen molar-refractivity contribution < 1.29 is 15.0 Å². The molecule has 4 aromatic rings. The van der Waals surface area contributed by atoms with E-state index >= 15 is 0 Å². The van der Waals surface area contributed by atoms with Gasteiger partial charge in [-0.05, 0) is 35.9 Å². The summed E-state index contributed by atoms with van der Waals surface area (Å²) in [5.41, 5.74) is 3.35. The van der Waals surface area contributed by atoms with Gasteiger partial charge in [-0.1, -0.05) is 42.5 Å². The van der Waals surface area contributed by atoms with Gasteiger partial charge in [0.05, 0.1) is 29.7 Å². The van der Waals surface area contributed by atoms with Crippen LogP contribution >= 0.6 is 0 Å². The Bertz CT molecular complexity index is 1150. The third-order valence-electron chi connectivity index (χ3n) is 4.51. The number of phenolic OH excluding ortho intramolecular Hbond substituents is 2. The quantitative estimate of drug-likeness (QED) is 0.482. The van der Waals surface area contributed by atoms with Crippen molar-refractivity contribution in [2.45, 2.75) is 6.42 Å². The lowest BCUT2D eigenvalue weighted by atomic mass is 10.1. The zero-order valence-corrected chi connectivity index (χ0v) is 15.5. The summed E-state index contributed by atoms with van der Waals surface area (Å²) >= 11 is 0. The second kappa shape index (κ2) is 7.90. The Hall–Kier alpha value is -4.06. The summed E-state index contributed by atoms with van der Waals surface area (Å²) in [6.07, 6.45) is 1.88. The minimum absolute atomic E-state index is 0.0223. The molecule has 3 N–H and O–H groups in total. The third-order valence-corrected chi connectivity index (χ3v) is 4.51. The molecule has 1 amide bonds. The summed E-state index contributed by atoms with van der Waals surface area (Å²) in [5.74, 6) is -0.215. The smallest absolute Gasteiger partial charge is 0.228 e. The second-order valence-corrected chi connectivity index (χ2v) is 6.56. The maximum atomic E-state index is 12.5. The van der Waals surface area contributed by atoms with Crippen molar-refractivity contribution in [3.63, 3.8) is 0 Å². The van der Waals surface area contributed by atoms with Crippen molar-refractivity contribution in [2.75, 3.05) is 5.32 Å². The number of rotatable bonds is 5. The fourth-order valence-corrected chi connectivity index (χ4v) is 3.18. The fraction of sp³-hybridized carbons (Fsp3) is 0.0435. The molecule has 0 atom stereocenters. The number of nitrogens with one attached hydrogen (secondary N) is 1. The average Bonchev–Trinajstić information content (AvgIpc) is 3.18. The lowest BCUT2D eigenvalue weighted by molar-refractivity contribution is -0.115. The first-order chi connectivity index (χ1) is 14.1. The topological polar surface area (TPSA) is 87.4 Å². The molecule has 6 heteroatoms. The molecule has 0 aliphatic carbocycles. The Balaban J connectivity index is 1.66.